The molecule has 0 aliphatic heterocycles. The Bertz CT molecular complexity index is 850. The summed E-state index contributed by atoms with van der Waals surface area (Å²) in [5, 5.41) is 2.75. The van der Waals surface area contributed by atoms with E-state index in [1.165, 1.54) is 7.11 Å². The quantitative estimate of drug-likeness (QED) is 0.735. The molecule has 2 rings (SSSR count). The molecule has 0 fully saturated rings. The first kappa shape index (κ1) is 19.7. The molecule has 0 aromatic heterocycles. The summed E-state index contributed by atoms with van der Waals surface area (Å²) in [4.78, 5) is 12.4. The fourth-order valence-electron chi connectivity index (χ4n) is 2.46. The molecule has 0 aliphatic rings. The Morgan fingerprint density at radius 1 is 1.04 bits per heavy atom. The van der Waals surface area contributed by atoms with Gasteiger partial charge in [-0.15, -0.1) is 0 Å². The van der Waals surface area contributed by atoms with Crippen molar-refractivity contribution < 1.29 is 22.7 Å². The average Bonchev–Trinajstić information content (AvgIpc) is 2.60. The summed E-state index contributed by atoms with van der Waals surface area (Å²) in [6, 6.07) is 13.2. The molecule has 0 aliphatic carbocycles. The number of methoxy groups -OCH3 is 2. The molecule has 26 heavy (non-hydrogen) atoms. The first-order valence-electron chi connectivity index (χ1n) is 7.86. The van der Waals surface area contributed by atoms with Gasteiger partial charge in [0.1, 0.15) is 11.5 Å². The maximum atomic E-state index is 12.4. The smallest absolute Gasteiger partial charge is 0.226 e. The molecule has 0 saturated heterocycles. The highest BCUT2D eigenvalue weighted by Crippen LogP contribution is 2.25. The topological polar surface area (TPSA) is 93.7 Å². The molecule has 0 bridgehead atoms. The van der Waals surface area contributed by atoms with E-state index in [1.54, 1.807) is 55.6 Å². The van der Waals surface area contributed by atoms with Crippen LogP contribution in [0.5, 0.6) is 11.5 Å². The summed E-state index contributed by atoms with van der Waals surface area (Å²) in [5.74, 6) is 0.828. The molecule has 0 saturated carbocycles. The van der Waals surface area contributed by atoms with Gasteiger partial charge in [0, 0.05) is 6.42 Å². The zero-order chi connectivity index (χ0) is 19.2. The van der Waals surface area contributed by atoms with E-state index in [9.17, 15) is 13.2 Å². The van der Waals surface area contributed by atoms with Gasteiger partial charge in [0.2, 0.25) is 15.9 Å². The molecule has 2 aromatic rings. The van der Waals surface area contributed by atoms with Crippen molar-refractivity contribution in [2.24, 2.45) is 0 Å². The Labute approximate surface area is 153 Å². The van der Waals surface area contributed by atoms with Crippen LogP contribution in [0.1, 0.15) is 18.0 Å². The van der Waals surface area contributed by atoms with Crippen molar-refractivity contribution in [3.63, 3.8) is 0 Å². The van der Waals surface area contributed by atoms with Crippen molar-refractivity contribution >= 4 is 21.6 Å². The second-order valence-electron chi connectivity index (χ2n) is 5.67. The zero-order valence-corrected chi connectivity index (χ0v) is 15.7. The minimum atomic E-state index is -3.50. The Hall–Kier alpha value is -2.58. The predicted octanol–water partition coefficient (Wildman–Crippen LogP) is 2.32. The lowest BCUT2D eigenvalue weighted by atomic mass is 10.0. The Morgan fingerprint density at radius 2 is 1.69 bits per heavy atom. The summed E-state index contributed by atoms with van der Waals surface area (Å²) < 4.78 is 36.2. The van der Waals surface area contributed by atoms with Crippen LogP contribution in [0.2, 0.25) is 0 Å². The standard InChI is InChI=1S/C18H22N2O5S/c1-24-14-10-8-13(9-11-14)16(20-26(3,22)23)12-18(21)19-15-6-4-5-7-17(15)25-2/h4-11,16,20H,12H2,1-3H3,(H,19,21)/t16-/m1/s1. The van der Waals surface area contributed by atoms with Gasteiger partial charge in [0.05, 0.1) is 32.2 Å². The van der Waals surface area contributed by atoms with Crippen LogP contribution in [-0.2, 0) is 14.8 Å². The highest BCUT2D eigenvalue weighted by molar-refractivity contribution is 7.88. The van der Waals surface area contributed by atoms with E-state index >= 15 is 0 Å². The number of rotatable bonds is 8. The third-order valence-corrected chi connectivity index (χ3v) is 4.36. The van der Waals surface area contributed by atoms with Gasteiger partial charge in [0.15, 0.2) is 0 Å². The van der Waals surface area contributed by atoms with E-state index in [1.807, 2.05) is 0 Å². The summed E-state index contributed by atoms with van der Waals surface area (Å²) in [7, 11) is -0.451. The highest BCUT2D eigenvalue weighted by atomic mass is 32.2. The lowest BCUT2D eigenvalue weighted by Crippen LogP contribution is -2.30. The van der Waals surface area contributed by atoms with Crippen LogP contribution >= 0.6 is 0 Å². The molecular formula is C18H22N2O5S. The number of ether oxygens (including phenoxy) is 2. The normalized spacial score (nSPS) is 12.3. The van der Waals surface area contributed by atoms with E-state index in [4.69, 9.17) is 9.47 Å². The number of anilines is 1. The molecule has 0 radical (unpaired) electrons. The molecule has 0 unspecified atom stereocenters. The summed E-state index contributed by atoms with van der Waals surface area (Å²) in [6.07, 6.45) is 0.985. The average molecular weight is 378 g/mol. The lowest BCUT2D eigenvalue weighted by Gasteiger charge is -2.18. The van der Waals surface area contributed by atoms with Crippen LogP contribution in [0.4, 0.5) is 5.69 Å². The number of hydrogen-bond acceptors (Lipinski definition) is 5. The number of nitrogens with one attached hydrogen (secondary N) is 2. The number of benzene rings is 2. The van der Waals surface area contributed by atoms with E-state index < -0.39 is 16.1 Å². The van der Waals surface area contributed by atoms with E-state index in [2.05, 4.69) is 10.0 Å². The molecule has 0 spiro atoms. The third kappa shape index (κ3) is 5.75. The van der Waals surface area contributed by atoms with Crippen molar-refractivity contribution in [3.05, 3.63) is 54.1 Å². The Kier molecular flexibility index (Phi) is 6.59. The van der Waals surface area contributed by atoms with Crippen molar-refractivity contribution in [1.29, 1.82) is 0 Å². The van der Waals surface area contributed by atoms with Crippen molar-refractivity contribution in [1.82, 2.24) is 4.72 Å². The minimum Gasteiger partial charge on any atom is -0.497 e. The summed E-state index contributed by atoms with van der Waals surface area (Å²) in [6.45, 7) is 0. The van der Waals surface area contributed by atoms with Crippen molar-refractivity contribution in [2.45, 2.75) is 12.5 Å². The van der Waals surface area contributed by atoms with Crippen LogP contribution in [0.15, 0.2) is 48.5 Å². The maximum absolute atomic E-state index is 12.4. The second-order valence-corrected chi connectivity index (χ2v) is 7.45. The Balaban J connectivity index is 2.18. The second kappa shape index (κ2) is 8.68. The summed E-state index contributed by atoms with van der Waals surface area (Å²) in [5.41, 5.74) is 1.18. The summed E-state index contributed by atoms with van der Waals surface area (Å²) >= 11 is 0. The van der Waals surface area contributed by atoms with Crippen LogP contribution in [0.25, 0.3) is 0 Å². The van der Waals surface area contributed by atoms with Gasteiger partial charge in [-0.1, -0.05) is 24.3 Å². The van der Waals surface area contributed by atoms with Gasteiger partial charge in [-0.3, -0.25) is 4.79 Å². The van der Waals surface area contributed by atoms with Gasteiger partial charge >= 0.3 is 0 Å². The van der Waals surface area contributed by atoms with Crippen LogP contribution in [0, 0.1) is 0 Å². The van der Waals surface area contributed by atoms with Gasteiger partial charge < -0.3 is 14.8 Å². The molecular weight excluding hydrogens is 356 g/mol. The molecule has 140 valence electrons. The molecule has 2 aromatic carbocycles. The fourth-order valence-corrected chi connectivity index (χ4v) is 3.19. The largest absolute Gasteiger partial charge is 0.497 e. The van der Waals surface area contributed by atoms with Crippen LogP contribution in [-0.4, -0.2) is 34.8 Å². The molecule has 0 heterocycles. The van der Waals surface area contributed by atoms with Gasteiger partial charge in [-0.05, 0) is 29.8 Å². The molecule has 7 nitrogen and oxygen atoms in total. The van der Waals surface area contributed by atoms with E-state index in [-0.39, 0.29) is 12.3 Å². The number of sulfonamides is 1. The van der Waals surface area contributed by atoms with Gasteiger partial charge in [-0.25, -0.2) is 13.1 Å². The van der Waals surface area contributed by atoms with Crippen LogP contribution in [0.3, 0.4) is 0 Å². The highest BCUT2D eigenvalue weighted by Gasteiger charge is 2.20. The zero-order valence-electron chi connectivity index (χ0n) is 14.9. The maximum Gasteiger partial charge on any atom is 0.226 e. The SMILES string of the molecule is COc1ccc([C@@H](CC(=O)Nc2ccccc2OC)NS(C)(=O)=O)cc1. The Morgan fingerprint density at radius 3 is 2.27 bits per heavy atom. The predicted molar refractivity (Wildman–Crippen MR) is 100.0 cm³/mol. The van der Waals surface area contributed by atoms with Gasteiger partial charge in [0.25, 0.3) is 0 Å². The number of para-hydroxylation sites is 2. The first-order chi connectivity index (χ1) is 12.3. The molecule has 1 amide bonds. The number of hydrogen-bond donors (Lipinski definition) is 2. The van der Waals surface area contributed by atoms with E-state index in [0.29, 0.717) is 22.7 Å². The molecule has 1 atom stereocenters. The third-order valence-electron chi connectivity index (χ3n) is 3.65. The monoisotopic (exact) mass is 378 g/mol. The number of carbonyl (C=O) groups is 1. The fraction of sp³-hybridized carbons (Fsp3) is 0.278. The van der Waals surface area contributed by atoms with E-state index in [0.717, 1.165) is 6.26 Å². The van der Waals surface area contributed by atoms with Crippen molar-refractivity contribution in [3.8, 4) is 11.5 Å². The molecule has 2 N–H and O–H groups in total. The number of amides is 1. The number of carbonyl (C=O) groups excluding carboxylic acids is 1. The van der Waals surface area contributed by atoms with Gasteiger partial charge in [-0.2, -0.15) is 0 Å². The van der Waals surface area contributed by atoms with Crippen molar-refractivity contribution in [2.75, 3.05) is 25.8 Å². The van der Waals surface area contributed by atoms with Crippen LogP contribution < -0.4 is 19.5 Å². The first-order valence-corrected chi connectivity index (χ1v) is 9.75. The molecule has 8 heteroatoms. The lowest BCUT2D eigenvalue weighted by molar-refractivity contribution is -0.116. The minimum absolute atomic E-state index is 0.0720.